The molecule has 1 rings (SSSR count). The van der Waals surface area contributed by atoms with Crippen LogP contribution < -0.4 is 5.32 Å². The van der Waals surface area contributed by atoms with Crippen LogP contribution in [0.4, 0.5) is 26.3 Å². The first-order chi connectivity index (χ1) is 8.07. The Morgan fingerprint density at radius 2 is 1.56 bits per heavy atom. The van der Waals surface area contributed by atoms with Crippen molar-refractivity contribution in [3.63, 3.8) is 0 Å². The number of hydrogen-bond acceptors (Lipinski definition) is 1. The van der Waals surface area contributed by atoms with Gasteiger partial charge in [-0.3, -0.25) is 0 Å². The number of rotatable bonds is 2. The maximum absolute atomic E-state index is 12.7. The minimum Gasteiger partial charge on any atom is -0.313 e. The topological polar surface area (TPSA) is 12.0 Å². The van der Waals surface area contributed by atoms with Crippen molar-refractivity contribution in [2.45, 2.75) is 25.3 Å². The van der Waals surface area contributed by atoms with Gasteiger partial charge in [0.1, 0.15) is 0 Å². The SMILES string of the molecule is CNC(C)c1cc(C(F)(F)F)ccc1C(F)(F)F. The summed E-state index contributed by atoms with van der Waals surface area (Å²) in [7, 11) is 1.38. The highest BCUT2D eigenvalue weighted by Crippen LogP contribution is 2.38. The van der Waals surface area contributed by atoms with Crippen LogP contribution in [-0.2, 0) is 12.4 Å². The van der Waals surface area contributed by atoms with E-state index in [4.69, 9.17) is 0 Å². The van der Waals surface area contributed by atoms with Gasteiger partial charge >= 0.3 is 12.4 Å². The third kappa shape index (κ3) is 3.16. The Bertz CT molecular complexity index is 421. The van der Waals surface area contributed by atoms with Gasteiger partial charge in [0.15, 0.2) is 0 Å². The Hall–Kier alpha value is -1.24. The number of hydrogen-bond donors (Lipinski definition) is 1. The molecule has 0 saturated carbocycles. The predicted molar refractivity (Wildman–Crippen MR) is 53.9 cm³/mol. The standard InChI is InChI=1S/C11H11F6N/c1-6(18-2)8-5-7(10(12,13)14)3-4-9(8)11(15,16)17/h3-6,18H,1-2H3. The largest absolute Gasteiger partial charge is 0.416 e. The maximum atomic E-state index is 12.7. The van der Waals surface area contributed by atoms with Crippen LogP contribution in [0, 0.1) is 0 Å². The zero-order chi connectivity index (χ0) is 14.1. The zero-order valence-electron chi connectivity index (χ0n) is 9.58. The molecule has 7 heteroatoms. The monoisotopic (exact) mass is 271 g/mol. The van der Waals surface area contributed by atoms with Gasteiger partial charge in [0.25, 0.3) is 0 Å². The second kappa shape index (κ2) is 4.79. The molecule has 18 heavy (non-hydrogen) atoms. The van der Waals surface area contributed by atoms with Gasteiger partial charge in [0.05, 0.1) is 11.1 Å². The summed E-state index contributed by atoms with van der Waals surface area (Å²) in [6, 6.07) is 0.606. The first kappa shape index (κ1) is 14.8. The lowest BCUT2D eigenvalue weighted by molar-refractivity contribution is -0.142. The van der Waals surface area contributed by atoms with Crippen LogP contribution in [0.2, 0.25) is 0 Å². The summed E-state index contributed by atoms with van der Waals surface area (Å²) in [5.74, 6) is 0. The van der Waals surface area contributed by atoms with E-state index in [1.807, 2.05) is 0 Å². The van der Waals surface area contributed by atoms with Crippen LogP contribution in [0.25, 0.3) is 0 Å². The van der Waals surface area contributed by atoms with Crippen molar-refractivity contribution in [3.8, 4) is 0 Å². The molecule has 0 fully saturated rings. The molecule has 1 atom stereocenters. The van der Waals surface area contributed by atoms with Crippen LogP contribution in [0.15, 0.2) is 18.2 Å². The van der Waals surface area contributed by atoms with Crippen molar-refractivity contribution >= 4 is 0 Å². The lowest BCUT2D eigenvalue weighted by atomic mass is 9.98. The minimum absolute atomic E-state index is 0.417. The fourth-order valence-electron chi connectivity index (χ4n) is 1.51. The third-order valence-electron chi connectivity index (χ3n) is 2.58. The van der Waals surface area contributed by atoms with E-state index in [2.05, 4.69) is 5.32 Å². The Morgan fingerprint density at radius 3 is 1.94 bits per heavy atom. The number of nitrogens with one attached hydrogen (secondary N) is 1. The van der Waals surface area contributed by atoms with Crippen molar-refractivity contribution in [1.82, 2.24) is 5.32 Å². The molecule has 1 nitrogen and oxygen atoms in total. The summed E-state index contributed by atoms with van der Waals surface area (Å²) in [6.07, 6.45) is -9.34. The Morgan fingerprint density at radius 1 is 1.00 bits per heavy atom. The molecule has 0 amide bonds. The molecule has 1 N–H and O–H groups in total. The first-order valence-corrected chi connectivity index (χ1v) is 5.03. The number of benzene rings is 1. The normalized spacial score (nSPS) is 14.7. The molecule has 0 spiro atoms. The third-order valence-corrected chi connectivity index (χ3v) is 2.58. The molecule has 0 aliphatic rings. The average molecular weight is 271 g/mol. The van der Waals surface area contributed by atoms with Crippen LogP contribution in [-0.4, -0.2) is 7.05 Å². The maximum Gasteiger partial charge on any atom is 0.416 e. The Balaban J connectivity index is 3.39. The van der Waals surface area contributed by atoms with Gasteiger partial charge in [-0.1, -0.05) is 0 Å². The van der Waals surface area contributed by atoms with Crippen molar-refractivity contribution in [2.24, 2.45) is 0 Å². The predicted octanol–water partition coefficient (Wildman–Crippen LogP) is 4.00. The highest BCUT2D eigenvalue weighted by atomic mass is 19.4. The first-order valence-electron chi connectivity index (χ1n) is 5.03. The quantitative estimate of drug-likeness (QED) is 0.801. The van der Waals surface area contributed by atoms with Crippen molar-refractivity contribution < 1.29 is 26.3 Å². The van der Waals surface area contributed by atoms with Gasteiger partial charge in [-0.2, -0.15) is 26.3 Å². The van der Waals surface area contributed by atoms with E-state index in [1.54, 1.807) is 0 Å². The fourth-order valence-corrected chi connectivity index (χ4v) is 1.51. The van der Waals surface area contributed by atoms with Crippen LogP contribution >= 0.6 is 0 Å². The summed E-state index contributed by atoms with van der Waals surface area (Å²) in [5, 5.41) is 2.51. The summed E-state index contributed by atoms with van der Waals surface area (Å²) in [4.78, 5) is 0. The molecule has 0 radical (unpaired) electrons. The Kier molecular flexibility index (Phi) is 3.95. The smallest absolute Gasteiger partial charge is 0.313 e. The average Bonchev–Trinajstić information content (AvgIpc) is 2.24. The second-order valence-corrected chi connectivity index (χ2v) is 3.81. The Labute approximate surface area is 99.8 Å². The van der Waals surface area contributed by atoms with Crippen LogP contribution in [0.1, 0.15) is 29.7 Å². The molecular formula is C11H11F6N. The van der Waals surface area contributed by atoms with Crippen LogP contribution in [0.5, 0.6) is 0 Å². The summed E-state index contributed by atoms with van der Waals surface area (Å²) in [5.41, 5.74) is -2.57. The lowest BCUT2D eigenvalue weighted by Gasteiger charge is -2.19. The van der Waals surface area contributed by atoms with Crippen LogP contribution in [0.3, 0.4) is 0 Å². The molecule has 0 heterocycles. The number of halogens is 6. The van der Waals surface area contributed by atoms with E-state index in [9.17, 15) is 26.3 Å². The summed E-state index contributed by atoms with van der Waals surface area (Å²) < 4.78 is 75.4. The van der Waals surface area contributed by atoms with Crippen molar-refractivity contribution in [2.75, 3.05) is 7.05 Å². The summed E-state index contributed by atoms with van der Waals surface area (Å²) in [6.45, 7) is 1.37. The molecule has 1 unspecified atom stereocenters. The van der Waals surface area contributed by atoms with E-state index >= 15 is 0 Å². The molecular weight excluding hydrogens is 260 g/mol. The fraction of sp³-hybridized carbons (Fsp3) is 0.455. The van der Waals surface area contributed by atoms with E-state index in [1.165, 1.54) is 14.0 Å². The highest BCUT2D eigenvalue weighted by Gasteiger charge is 2.37. The lowest BCUT2D eigenvalue weighted by Crippen LogP contribution is -2.20. The zero-order valence-corrected chi connectivity index (χ0v) is 9.58. The molecule has 1 aromatic rings. The molecule has 0 bridgehead atoms. The molecule has 0 aromatic heterocycles. The second-order valence-electron chi connectivity index (χ2n) is 3.81. The van der Waals surface area contributed by atoms with E-state index in [-0.39, 0.29) is 0 Å². The van der Waals surface area contributed by atoms with Gasteiger partial charge < -0.3 is 5.32 Å². The van der Waals surface area contributed by atoms with E-state index in [0.717, 1.165) is 0 Å². The van der Waals surface area contributed by atoms with Crippen molar-refractivity contribution in [3.05, 3.63) is 34.9 Å². The van der Waals surface area contributed by atoms with Crippen molar-refractivity contribution in [1.29, 1.82) is 0 Å². The van der Waals surface area contributed by atoms with Gasteiger partial charge in [-0.05, 0) is 37.7 Å². The molecule has 1 aromatic carbocycles. The van der Waals surface area contributed by atoms with Gasteiger partial charge in [0.2, 0.25) is 0 Å². The van der Waals surface area contributed by atoms with E-state index in [0.29, 0.717) is 18.2 Å². The molecule has 0 aliphatic carbocycles. The molecule has 0 aliphatic heterocycles. The highest BCUT2D eigenvalue weighted by molar-refractivity contribution is 5.37. The molecule has 102 valence electrons. The number of alkyl halides is 6. The summed E-state index contributed by atoms with van der Waals surface area (Å²) >= 11 is 0. The molecule has 0 saturated heterocycles. The minimum atomic E-state index is -4.68. The van der Waals surface area contributed by atoms with Gasteiger partial charge in [0, 0.05) is 6.04 Å². The van der Waals surface area contributed by atoms with Gasteiger partial charge in [-0.15, -0.1) is 0 Å². The van der Waals surface area contributed by atoms with E-state index < -0.39 is 35.1 Å². The van der Waals surface area contributed by atoms with Gasteiger partial charge in [-0.25, -0.2) is 0 Å².